The van der Waals surface area contributed by atoms with Crippen LogP contribution in [0.5, 0.6) is 0 Å². The van der Waals surface area contributed by atoms with Gasteiger partial charge in [0.05, 0.1) is 17.1 Å². The molecule has 0 unspecified atom stereocenters. The normalized spacial score (nSPS) is 11.4. The first-order chi connectivity index (χ1) is 15.3. The molecule has 0 saturated heterocycles. The van der Waals surface area contributed by atoms with E-state index < -0.39 is 9.84 Å². The fourth-order valence-corrected chi connectivity index (χ4v) is 4.64. The minimum Gasteiger partial charge on any atom is -0.455 e. The number of sulfone groups is 1. The number of benzene rings is 2. The molecule has 8 heteroatoms. The smallest absolute Gasteiger partial charge is 0.294 e. The Kier molecular flexibility index (Phi) is 5.96. The highest BCUT2D eigenvalue weighted by atomic mass is 32.2. The zero-order chi connectivity index (χ0) is 22.7. The number of nitrogens with zero attached hydrogens (tertiary/aromatic N) is 2. The van der Waals surface area contributed by atoms with E-state index in [2.05, 4.69) is 5.16 Å². The number of para-hydroxylation sites is 1. The molecular formula is C24H22N2O5S. The second-order valence-electron chi connectivity index (χ2n) is 7.37. The second-order valence-corrected chi connectivity index (χ2v) is 9.36. The Balaban J connectivity index is 1.62. The number of anilines is 1. The maximum Gasteiger partial charge on any atom is 0.294 e. The van der Waals surface area contributed by atoms with Crippen LogP contribution in [0.4, 0.5) is 5.69 Å². The van der Waals surface area contributed by atoms with E-state index in [1.807, 2.05) is 37.3 Å². The van der Waals surface area contributed by atoms with E-state index in [4.69, 9.17) is 8.94 Å². The maximum absolute atomic E-state index is 13.4. The van der Waals surface area contributed by atoms with Gasteiger partial charge in [-0.2, -0.15) is 0 Å². The minimum absolute atomic E-state index is 0.0545. The summed E-state index contributed by atoms with van der Waals surface area (Å²) in [6.07, 6.45) is 0. The van der Waals surface area contributed by atoms with Crippen LogP contribution in [0.25, 0.3) is 0 Å². The standard InChI is InChI=1S/C24H22N2O5S/c1-17-22(18(2)31-25-17)15-26(19-9-5-3-6-10-19)24(27)23-14-13-20(30-23)16-32(28,29)21-11-7-4-8-12-21/h3-14H,15-16H2,1-2H3. The molecular weight excluding hydrogens is 428 g/mol. The SMILES string of the molecule is Cc1noc(C)c1CN(C(=O)c1ccc(CS(=O)(=O)c2ccccc2)o1)c1ccccc1. The number of hydrogen-bond donors (Lipinski definition) is 0. The van der Waals surface area contributed by atoms with Crippen LogP contribution in [0.2, 0.25) is 0 Å². The maximum atomic E-state index is 13.4. The van der Waals surface area contributed by atoms with Crippen molar-refractivity contribution in [2.24, 2.45) is 0 Å². The summed E-state index contributed by atoms with van der Waals surface area (Å²) in [6, 6.07) is 20.3. The molecule has 0 fully saturated rings. The molecule has 4 aromatic rings. The molecule has 0 aliphatic carbocycles. The molecule has 7 nitrogen and oxygen atoms in total. The van der Waals surface area contributed by atoms with Gasteiger partial charge in [0.1, 0.15) is 17.3 Å². The molecule has 1 amide bonds. The summed E-state index contributed by atoms with van der Waals surface area (Å²) in [4.78, 5) is 15.1. The van der Waals surface area contributed by atoms with Crippen molar-refractivity contribution in [3.05, 3.63) is 101 Å². The number of amides is 1. The summed E-state index contributed by atoms with van der Waals surface area (Å²) in [6.45, 7) is 3.85. The first-order valence-corrected chi connectivity index (χ1v) is 11.7. The van der Waals surface area contributed by atoms with Crippen molar-refractivity contribution in [1.82, 2.24) is 5.16 Å². The van der Waals surface area contributed by atoms with Gasteiger partial charge in [-0.25, -0.2) is 8.42 Å². The Labute approximate surface area is 186 Å². The third-order valence-corrected chi connectivity index (χ3v) is 6.77. The molecule has 0 atom stereocenters. The highest BCUT2D eigenvalue weighted by Gasteiger charge is 2.25. The molecule has 0 radical (unpaired) electrons. The van der Waals surface area contributed by atoms with E-state index in [0.29, 0.717) is 17.1 Å². The molecule has 32 heavy (non-hydrogen) atoms. The minimum atomic E-state index is -3.59. The summed E-state index contributed by atoms with van der Waals surface area (Å²) < 4.78 is 36.2. The van der Waals surface area contributed by atoms with Crippen LogP contribution >= 0.6 is 0 Å². The molecule has 164 valence electrons. The average molecular weight is 451 g/mol. The Morgan fingerprint density at radius 3 is 2.22 bits per heavy atom. The quantitative estimate of drug-likeness (QED) is 0.405. The van der Waals surface area contributed by atoms with E-state index in [9.17, 15) is 13.2 Å². The van der Waals surface area contributed by atoms with Gasteiger partial charge in [-0.3, -0.25) is 4.79 Å². The van der Waals surface area contributed by atoms with E-state index in [0.717, 1.165) is 5.56 Å². The van der Waals surface area contributed by atoms with Crippen molar-refractivity contribution >= 4 is 21.4 Å². The Morgan fingerprint density at radius 2 is 1.59 bits per heavy atom. The van der Waals surface area contributed by atoms with Crippen LogP contribution in [0.15, 0.2) is 86.6 Å². The summed E-state index contributed by atoms with van der Waals surface area (Å²) >= 11 is 0. The number of hydrogen-bond acceptors (Lipinski definition) is 6. The zero-order valence-corrected chi connectivity index (χ0v) is 18.5. The molecule has 0 saturated carbocycles. The molecule has 4 rings (SSSR count). The fraction of sp³-hybridized carbons (Fsp3) is 0.167. The summed E-state index contributed by atoms with van der Waals surface area (Å²) in [5, 5.41) is 3.97. The molecule has 0 aliphatic rings. The molecule has 0 spiro atoms. The summed E-state index contributed by atoms with van der Waals surface area (Å²) in [5.41, 5.74) is 2.18. The molecule has 2 aromatic carbocycles. The van der Waals surface area contributed by atoms with Crippen molar-refractivity contribution in [2.45, 2.75) is 31.0 Å². The number of carbonyl (C=O) groups is 1. The molecule has 2 aromatic heterocycles. The second kappa shape index (κ2) is 8.84. The Hall–Kier alpha value is -3.65. The van der Waals surface area contributed by atoms with Crippen molar-refractivity contribution in [3.8, 4) is 0 Å². The van der Waals surface area contributed by atoms with Crippen molar-refractivity contribution < 1.29 is 22.2 Å². The van der Waals surface area contributed by atoms with Gasteiger partial charge in [0.15, 0.2) is 15.6 Å². The van der Waals surface area contributed by atoms with Crippen molar-refractivity contribution in [3.63, 3.8) is 0 Å². The van der Waals surface area contributed by atoms with Crippen LogP contribution in [0, 0.1) is 13.8 Å². The van der Waals surface area contributed by atoms with Gasteiger partial charge in [-0.15, -0.1) is 0 Å². The van der Waals surface area contributed by atoms with Crippen LogP contribution in [0.1, 0.15) is 33.3 Å². The lowest BCUT2D eigenvalue weighted by Crippen LogP contribution is -2.30. The Bertz CT molecular complexity index is 1310. The summed E-state index contributed by atoms with van der Waals surface area (Å²) in [5.74, 6) is 0.158. The van der Waals surface area contributed by atoms with Crippen LogP contribution in [0.3, 0.4) is 0 Å². The summed E-state index contributed by atoms with van der Waals surface area (Å²) in [7, 11) is -3.59. The van der Waals surface area contributed by atoms with E-state index in [1.165, 1.54) is 24.3 Å². The lowest BCUT2D eigenvalue weighted by Gasteiger charge is -2.21. The van der Waals surface area contributed by atoms with Crippen LogP contribution < -0.4 is 4.90 Å². The van der Waals surface area contributed by atoms with Crippen LogP contribution in [-0.4, -0.2) is 19.5 Å². The van der Waals surface area contributed by atoms with Gasteiger partial charge in [-0.1, -0.05) is 41.6 Å². The lowest BCUT2D eigenvalue weighted by molar-refractivity contribution is 0.0957. The first-order valence-electron chi connectivity index (χ1n) is 10.0. The number of aromatic nitrogens is 1. The van der Waals surface area contributed by atoms with E-state index in [-0.39, 0.29) is 34.6 Å². The number of furan rings is 1. The van der Waals surface area contributed by atoms with Gasteiger partial charge >= 0.3 is 0 Å². The molecule has 0 N–H and O–H groups in total. The highest BCUT2D eigenvalue weighted by Crippen LogP contribution is 2.25. The highest BCUT2D eigenvalue weighted by molar-refractivity contribution is 7.90. The zero-order valence-electron chi connectivity index (χ0n) is 17.7. The van der Waals surface area contributed by atoms with Crippen molar-refractivity contribution in [1.29, 1.82) is 0 Å². The predicted molar refractivity (Wildman–Crippen MR) is 119 cm³/mol. The molecule has 0 bridgehead atoms. The first kappa shape index (κ1) is 21.6. The molecule has 2 heterocycles. The third-order valence-electron chi connectivity index (χ3n) is 5.12. The Morgan fingerprint density at radius 1 is 0.938 bits per heavy atom. The van der Waals surface area contributed by atoms with Crippen molar-refractivity contribution in [2.75, 3.05) is 4.90 Å². The monoisotopic (exact) mass is 450 g/mol. The van der Waals surface area contributed by atoms with Gasteiger partial charge < -0.3 is 13.8 Å². The van der Waals surface area contributed by atoms with Gasteiger partial charge in [0, 0.05) is 11.3 Å². The lowest BCUT2D eigenvalue weighted by atomic mass is 10.1. The number of carbonyl (C=O) groups excluding carboxylic acids is 1. The topological polar surface area (TPSA) is 93.6 Å². The van der Waals surface area contributed by atoms with E-state index >= 15 is 0 Å². The fourth-order valence-electron chi connectivity index (χ4n) is 3.38. The average Bonchev–Trinajstić information content (AvgIpc) is 3.39. The van der Waals surface area contributed by atoms with E-state index in [1.54, 1.807) is 30.0 Å². The largest absolute Gasteiger partial charge is 0.455 e. The van der Waals surface area contributed by atoms with Crippen LogP contribution in [-0.2, 0) is 22.1 Å². The number of aryl methyl sites for hydroxylation is 2. The molecule has 0 aliphatic heterocycles. The third kappa shape index (κ3) is 4.50. The van der Waals surface area contributed by atoms with Gasteiger partial charge in [0.2, 0.25) is 0 Å². The van der Waals surface area contributed by atoms with Gasteiger partial charge in [0.25, 0.3) is 5.91 Å². The number of rotatable bonds is 7. The predicted octanol–water partition coefficient (Wildman–Crippen LogP) is 4.71. The van der Waals surface area contributed by atoms with Gasteiger partial charge in [-0.05, 0) is 50.2 Å².